The van der Waals surface area contributed by atoms with E-state index in [-0.39, 0.29) is 6.09 Å². The van der Waals surface area contributed by atoms with E-state index in [1.807, 2.05) is 62.6 Å². The number of amides is 3. The predicted molar refractivity (Wildman–Crippen MR) is 185 cm³/mol. The zero-order valence-electron chi connectivity index (χ0n) is 28.4. The van der Waals surface area contributed by atoms with Gasteiger partial charge in [0, 0.05) is 44.1 Å². The summed E-state index contributed by atoms with van der Waals surface area (Å²) >= 11 is 3.50. The first-order valence-corrected chi connectivity index (χ1v) is 16.5. The standard InChI is InChI=1S/C22H32N4O3.C12H14BrN3O/c1-7-18-20(24(6)14-27)26-13-17(15(2)12-19(26)23-18)16-8-10-25(11-9-16)21(28)29-22(3,4)5;1-4-10-12(15(3)7-17)16-6-9(13)8(2)5-11(16)14-10/h12-14,16H,7-11H2,1-6H3;5-7H,4H2,1-3H3. The smallest absolute Gasteiger partial charge is 0.410 e. The van der Waals surface area contributed by atoms with Gasteiger partial charge in [0.1, 0.15) is 28.5 Å². The molecular formula is C34H46BrN7O4. The van der Waals surface area contributed by atoms with E-state index in [9.17, 15) is 14.4 Å². The monoisotopic (exact) mass is 695 g/mol. The van der Waals surface area contributed by atoms with Crippen LogP contribution >= 0.6 is 15.9 Å². The molecule has 0 aromatic carbocycles. The molecule has 5 rings (SSSR count). The summed E-state index contributed by atoms with van der Waals surface area (Å²) < 4.78 is 10.5. The zero-order valence-corrected chi connectivity index (χ0v) is 30.0. The Bertz CT molecular complexity index is 1730. The lowest BCUT2D eigenvalue weighted by atomic mass is 9.88. The second kappa shape index (κ2) is 14.2. The van der Waals surface area contributed by atoms with Crippen molar-refractivity contribution in [2.75, 3.05) is 37.0 Å². The third kappa shape index (κ3) is 7.37. The number of nitrogens with zero attached hydrogens (tertiary/aromatic N) is 7. The van der Waals surface area contributed by atoms with Gasteiger partial charge >= 0.3 is 6.09 Å². The molecule has 0 N–H and O–H groups in total. The molecule has 46 heavy (non-hydrogen) atoms. The molecule has 0 atom stereocenters. The van der Waals surface area contributed by atoms with E-state index >= 15 is 0 Å². The molecule has 0 radical (unpaired) electrons. The van der Waals surface area contributed by atoms with Gasteiger partial charge in [-0.25, -0.2) is 14.8 Å². The van der Waals surface area contributed by atoms with Crippen molar-refractivity contribution in [1.29, 1.82) is 0 Å². The second-order valence-corrected chi connectivity index (χ2v) is 13.7. The van der Waals surface area contributed by atoms with Crippen LogP contribution in [0.25, 0.3) is 11.3 Å². The summed E-state index contributed by atoms with van der Waals surface area (Å²) in [5.74, 6) is 2.02. The zero-order chi connectivity index (χ0) is 33.9. The van der Waals surface area contributed by atoms with E-state index in [1.54, 1.807) is 28.8 Å². The van der Waals surface area contributed by atoms with E-state index < -0.39 is 5.60 Å². The van der Waals surface area contributed by atoms with Gasteiger partial charge in [0.15, 0.2) is 0 Å². The molecule has 0 saturated carbocycles. The average molecular weight is 697 g/mol. The molecule has 12 heteroatoms. The molecule has 5 heterocycles. The number of pyridine rings is 2. The molecule has 0 unspecified atom stereocenters. The van der Waals surface area contributed by atoms with Gasteiger partial charge in [-0.1, -0.05) is 13.8 Å². The van der Waals surface area contributed by atoms with E-state index in [0.717, 1.165) is 82.9 Å². The molecule has 0 spiro atoms. The van der Waals surface area contributed by atoms with Crippen LogP contribution in [0.4, 0.5) is 16.4 Å². The normalized spacial score (nSPS) is 13.8. The Morgan fingerprint density at radius 1 is 0.913 bits per heavy atom. The number of fused-ring (bicyclic) bond motifs is 2. The highest BCUT2D eigenvalue weighted by Crippen LogP contribution is 2.33. The van der Waals surface area contributed by atoms with Crippen LogP contribution in [0.3, 0.4) is 0 Å². The Labute approximate surface area is 279 Å². The van der Waals surface area contributed by atoms with Gasteiger partial charge in [0.05, 0.1) is 11.4 Å². The number of ether oxygens (including phenoxy) is 1. The number of anilines is 2. The molecule has 1 aliphatic rings. The lowest BCUT2D eigenvalue weighted by Crippen LogP contribution is -2.41. The third-order valence-corrected chi connectivity index (χ3v) is 9.07. The first-order chi connectivity index (χ1) is 21.7. The summed E-state index contributed by atoms with van der Waals surface area (Å²) in [6.07, 6.45) is 8.80. The Morgan fingerprint density at radius 3 is 1.85 bits per heavy atom. The van der Waals surface area contributed by atoms with Crippen molar-refractivity contribution in [2.24, 2.45) is 0 Å². The summed E-state index contributed by atoms with van der Waals surface area (Å²) in [6, 6.07) is 4.10. The summed E-state index contributed by atoms with van der Waals surface area (Å²) in [5, 5.41) is 0. The number of carbonyl (C=O) groups excluding carboxylic acids is 3. The molecule has 4 aromatic heterocycles. The number of rotatable bonds is 7. The van der Waals surface area contributed by atoms with Crippen LogP contribution in [0.15, 0.2) is 29.0 Å². The maximum absolute atomic E-state index is 12.3. The van der Waals surface area contributed by atoms with Gasteiger partial charge in [-0.2, -0.15) is 0 Å². The molecule has 0 aliphatic carbocycles. The number of hydrogen-bond donors (Lipinski definition) is 0. The molecule has 11 nitrogen and oxygen atoms in total. The van der Waals surface area contributed by atoms with Crippen LogP contribution < -0.4 is 9.80 Å². The lowest BCUT2D eigenvalue weighted by molar-refractivity contribution is -0.108. The number of halogens is 1. The van der Waals surface area contributed by atoms with E-state index in [4.69, 9.17) is 9.72 Å². The highest BCUT2D eigenvalue weighted by Gasteiger charge is 2.29. The highest BCUT2D eigenvalue weighted by atomic mass is 79.9. The van der Waals surface area contributed by atoms with Crippen molar-refractivity contribution < 1.29 is 19.1 Å². The highest BCUT2D eigenvalue weighted by molar-refractivity contribution is 9.10. The first kappa shape index (κ1) is 34.9. The summed E-state index contributed by atoms with van der Waals surface area (Å²) in [6.45, 7) is 15.2. The number of carbonyl (C=O) groups is 3. The van der Waals surface area contributed by atoms with Gasteiger partial charge in [-0.3, -0.25) is 18.4 Å². The van der Waals surface area contributed by atoms with Crippen LogP contribution in [0.2, 0.25) is 0 Å². The van der Waals surface area contributed by atoms with Crippen molar-refractivity contribution in [2.45, 2.75) is 85.7 Å². The molecule has 0 bridgehead atoms. The fraction of sp³-hybridized carbons (Fsp3) is 0.500. The number of imidazole rings is 2. The van der Waals surface area contributed by atoms with Gasteiger partial charge < -0.3 is 19.4 Å². The van der Waals surface area contributed by atoms with Gasteiger partial charge in [0.25, 0.3) is 0 Å². The van der Waals surface area contributed by atoms with Gasteiger partial charge in [-0.15, -0.1) is 0 Å². The van der Waals surface area contributed by atoms with Crippen LogP contribution in [0, 0.1) is 13.8 Å². The van der Waals surface area contributed by atoms with Crippen LogP contribution in [-0.4, -0.2) is 75.4 Å². The number of aryl methyl sites for hydroxylation is 4. The maximum atomic E-state index is 12.3. The third-order valence-electron chi connectivity index (χ3n) is 8.24. The van der Waals surface area contributed by atoms with Crippen molar-refractivity contribution in [3.8, 4) is 0 Å². The second-order valence-electron chi connectivity index (χ2n) is 12.8. The maximum Gasteiger partial charge on any atom is 0.410 e. The fourth-order valence-corrected chi connectivity index (χ4v) is 6.20. The lowest BCUT2D eigenvalue weighted by Gasteiger charge is -2.34. The number of hydrogen-bond acceptors (Lipinski definition) is 6. The summed E-state index contributed by atoms with van der Waals surface area (Å²) in [7, 11) is 3.50. The van der Waals surface area contributed by atoms with Crippen LogP contribution in [0.5, 0.6) is 0 Å². The molecule has 1 fully saturated rings. The van der Waals surface area contributed by atoms with Crippen molar-refractivity contribution in [3.63, 3.8) is 0 Å². The Hall–Kier alpha value is -3.93. The molecule has 248 valence electrons. The fourth-order valence-electron chi connectivity index (χ4n) is 5.88. The Kier molecular flexibility index (Phi) is 10.8. The molecule has 1 saturated heterocycles. The van der Waals surface area contributed by atoms with Crippen molar-refractivity contribution in [3.05, 3.63) is 57.1 Å². The Balaban J connectivity index is 0.000000240. The minimum Gasteiger partial charge on any atom is -0.444 e. The minimum atomic E-state index is -0.477. The Morgan fingerprint density at radius 2 is 1.39 bits per heavy atom. The summed E-state index contributed by atoms with van der Waals surface area (Å²) in [4.78, 5) is 48.9. The summed E-state index contributed by atoms with van der Waals surface area (Å²) in [5.41, 5.74) is 6.67. The first-order valence-electron chi connectivity index (χ1n) is 15.8. The topological polar surface area (TPSA) is 105 Å². The quantitative estimate of drug-likeness (QED) is 0.205. The number of likely N-dealkylation sites (tertiary alicyclic amines) is 1. The minimum absolute atomic E-state index is 0.236. The van der Waals surface area contributed by atoms with Gasteiger partial charge in [0.2, 0.25) is 12.8 Å². The van der Waals surface area contributed by atoms with E-state index in [0.29, 0.717) is 19.0 Å². The molecule has 3 amide bonds. The van der Waals surface area contributed by atoms with Crippen molar-refractivity contribution >= 4 is 57.8 Å². The van der Waals surface area contributed by atoms with Crippen LogP contribution in [0.1, 0.15) is 81.5 Å². The van der Waals surface area contributed by atoms with E-state index in [2.05, 4.69) is 40.1 Å². The van der Waals surface area contributed by atoms with Gasteiger partial charge in [-0.05, 0) is 111 Å². The SMILES string of the molecule is CCc1nc2cc(C)c(Br)cn2c1N(C)C=O.CCc1nc2cc(C)c(C3CCN(C(=O)OC(C)(C)C)CC3)cn2c1N(C)C=O. The van der Waals surface area contributed by atoms with Crippen molar-refractivity contribution in [1.82, 2.24) is 23.7 Å². The number of piperidine rings is 1. The largest absolute Gasteiger partial charge is 0.444 e. The molecule has 1 aliphatic heterocycles. The average Bonchev–Trinajstić information content (AvgIpc) is 3.56. The predicted octanol–water partition coefficient (Wildman–Crippen LogP) is 6.47. The molecule has 4 aromatic rings. The number of aromatic nitrogens is 4. The van der Waals surface area contributed by atoms with E-state index in [1.165, 1.54) is 11.1 Å². The molecular weight excluding hydrogens is 650 g/mol. The van der Waals surface area contributed by atoms with Crippen LogP contribution in [-0.2, 0) is 27.2 Å².